The van der Waals surface area contributed by atoms with Crippen molar-refractivity contribution in [2.45, 2.75) is 4.90 Å². The van der Waals surface area contributed by atoms with Gasteiger partial charge in [0.25, 0.3) is 0 Å². The summed E-state index contributed by atoms with van der Waals surface area (Å²) in [6.45, 7) is 0. The second kappa shape index (κ2) is 7.98. The number of hydrogen-bond donors (Lipinski definition) is 1. The zero-order valence-electron chi connectivity index (χ0n) is 14.9. The van der Waals surface area contributed by atoms with E-state index >= 15 is 0 Å². The summed E-state index contributed by atoms with van der Waals surface area (Å²) in [7, 11) is -4.65. The topological polar surface area (TPSA) is 102 Å². The molecule has 6 nitrogen and oxygen atoms in total. The van der Waals surface area contributed by atoms with E-state index in [1.165, 1.54) is 30.3 Å². The average Bonchev–Trinajstić information content (AvgIpc) is 2.66. The fraction of sp³-hybridized carbons (Fsp3) is 0. The molecule has 0 heterocycles. The minimum absolute atomic E-state index is 0. The van der Waals surface area contributed by atoms with Crippen LogP contribution in [0.1, 0.15) is 0 Å². The molecule has 0 atom stereocenters. The van der Waals surface area contributed by atoms with Crippen LogP contribution in [0.2, 0.25) is 0 Å². The Hall–Kier alpha value is -2.29. The smallest absolute Gasteiger partial charge is 0.744 e. The summed E-state index contributed by atoms with van der Waals surface area (Å²) in [4.78, 5) is -0.382. The zero-order chi connectivity index (χ0) is 19.0. The van der Waals surface area contributed by atoms with Gasteiger partial charge in [0.15, 0.2) is 5.75 Å². The van der Waals surface area contributed by atoms with Gasteiger partial charge in [-0.1, -0.05) is 54.6 Å². The van der Waals surface area contributed by atoms with Gasteiger partial charge < -0.3 is 9.66 Å². The van der Waals surface area contributed by atoms with Gasteiger partial charge >= 0.3 is 29.6 Å². The number of azo groups is 1. The summed E-state index contributed by atoms with van der Waals surface area (Å²) in [5, 5.41) is 21.1. The fourth-order valence-electron chi connectivity index (χ4n) is 3.00. The number of aromatic hydroxyl groups is 1. The van der Waals surface area contributed by atoms with Crippen LogP contribution < -0.4 is 29.6 Å². The minimum atomic E-state index is -4.65. The minimum Gasteiger partial charge on any atom is -0.744 e. The van der Waals surface area contributed by atoms with Crippen molar-refractivity contribution in [3.63, 3.8) is 0 Å². The Morgan fingerprint density at radius 1 is 0.714 bits per heavy atom. The van der Waals surface area contributed by atoms with Crippen molar-refractivity contribution < 1.29 is 47.6 Å². The normalized spacial score (nSPS) is 11.8. The Kier molecular flexibility index (Phi) is 5.83. The predicted molar refractivity (Wildman–Crippen MR) is 102 cm³/mol. The maximum Gasteiger partial charge on any atom is 1.00 e. The van der Waals surface area contributed by atoms with Gasteiger partial charge in [-0.3, -0.25) is 0 Å². The van der Waals surface area contributed by atoms with Gasteiger partial charge in [0.05, 0.1) is 10.6 Å². The SMILES string of the molecule is O=S(=O)([O-])c1cccc2c(O)c(N=Nc3cccc4ccccc34)ccc12.[Na+]. The van der Waals surface area contributed by atoms with Gasteiger partial charge in [-0.25, -0.2) is 8.42 Å². The van der Waals surface area contributed by atoms with Crippen molar-refractivity contribution in [1.82, 2.24) is 0 Å². The third kappa shape index (κ3) is 3.80. The summed E-state index contributed by atoms with van der Waals surface area (Å²) in [6, 6.07) is 20.4. The van der Waals surface area contributed by atoms with E-state index in [0.717, 1.165) is 10.8 Å². The van der Waals surface area contributed by atoms with Gasteiger partial charge in [-0.2, -0.15) is 0 Å². The average molecular weight is 400 g/mol. The van der Waals surface area contributed by atoms with Crippen molar-refractivity contribution in [3.8, 4) is 5.75 Å². The Morgan fingerprint density at radius 3 is 2.14 bits per heavy atom. The molecule has 0 unspecified atom stereocenters. The zero-order valence-corrected chi connectivity index (χ0v) is 17.7. The molecule has 0 fully saturated rings. The van der Waals surface area contributed by atoms with Gasteiger partial charge in [0, 0.05) is 16.2 Å². The van der Waals surface area contributed by atoms with E-state index in [1.54, 1.807) is 0 Å². The van der Waals surface area contributed by atoms with Gasteiger partial charge in [0.1, 0.15) is 15.8 Å². The van der Waals surface area contributed by atoms with E-state index in [-0.39, 0.29) is 56.7 Å². The van der Waals surface area contributed by atoms with Crippen LogP contribution in [0.4, 0.5) is 11.4 Å². The van der Waals surface area contributed by atoms with Crippen LogP contribution in [-0.2, 0) is 10.1 Å². The number of hydrogen-bond acceptors (Lipinski definition) is 6. The molecule has 0 saturated carbocycles. The molecular weight excluding hydrogens is 387 g/mol. The first-order chi connectivity index (χ1) is 12.9. The largest absolute Gasteiger partial charge is 1.00 e. The summed E-state index contributed by atoms with van der Waals surface area (Å²) in [5.74, 6) is -0.234. The van der Waals surface area contributed by atoms with Crippen molar-refractivity contribution in [1.29, 1.82) is 0 Å². The van der Waals surface area contributed by atoms with Crippen LogP contribution in [-0.4, -0.2) is 18.1 Å². The molecule has 28 heavy (non-hydrogen) atoms. The van der Waals surface area contributed by atoms with Crippen molar-refractivity contribution in [2.75, 3.05) is 0 Å². The van der Waals surface area contributed by atoms with E-state index in [1.807, 2.05) is 42.5 Å². The molecule has 8 heteroatoms. The van der Waals surface area contributed by atoms with Crippen molar-refractivity contribution in [3.05, 3.63) is 72.8 Å². The van der Waals surface area contributed by atoms with Crippen LogP contribution in [0.5, 0.6) is 5.75 Å². The van der Waals surface area contributed by atoms with Crippen LogP contribution in [0.3, 0.4) is 0 Å². The summed E-state index contributed by atoms with van der Waals surface area (Å²) in [5.41, 5.74) is 0.819. The fourth-order valence-corrected chi connectivity index (χ4v) is 3.70. The third-order valence-corrected chi connectivity index (χ3v) is 5.17. The van der Waals surface area contributed by atoms with Crippen LogP contribution in [0.15, 0.2) is 87.9 Å². The first-order valence-electron chi connectivity index (χ1n) is 8.05. The Morgan fingerprint density at radius 2 is 1.36 bits per heavy atom. The van der Waals surface area contributed by atoms with Crippen molar-refractivity contribution >= 4 is 43.0 Å². The molecule has 0 amide bonds. The number of rotatable bonds is 3. The first-order valence-corrected chi connectivity index (χ1v) is 9.46. The molecule has 0 spiro atoms. The van der Waals surface area contributed by atoms with E-state index in [2.05, 4.69) is 10.2 Å². The Bertz CT molecular complexity index is 1320. The van der Waals surface area contributed by atoms with Crippen molar-refractivity contribution in [2.24, 2.45) is 10.2 Å². The molecule has 4 aromatic carbocycles. The molecule has 4 aromatic rings. The third-order valence-electron chi connectivity index (χ3n) is 4.27. The second-order valence-corrected chi connectivity index (χ2v) is 7.29. The molecule has 0 aliphatic carbocycles. The van der Waals surface area contributed by atoms with E-state index < -0.39 is 10.1 Å². The number of phenolic OH excluding ortho intramolecular Hbond substituents is 1. The molecule has 0 aromatic heterocycles. The number of phenols is 1. The Balaban J connectivity index is 0.00000225. The quantitative estimate of drug-likeness (QED) is 0.323. The molecule has 4 rings (SSSR count). The van der Waals surface area contributed by atoms with Crippen LogP contribution >= 0.6 is 0 Å². The van der Waals surface area contributed by atoms with Gasteiger partial charge in [0.2, 0.25) is 0 Å². The summed E-state index contributed by atoms with van der Waals surface area (Å²) in [6.07, 6.45) is 0. The maximum atomic E-state index is 11.4. The number of benzene rings is 4. The molecule has 0 saturated heterocycles. The second-order valence-electron chi connectivity index (χ2n) is 5.94. The van der Waals surface area contributed by atoms with Gasteiger partial charge in [-0.05, 0) is 23.6 Å². The molecule has 0 bridgehead atoms. The van der Waals surface area contributed by atoms with E-state index in [0.29, 0.717) is 5.69 Å². The van der Waals surface area contributed by atoms with E-state index in [4.69, 9.17) is 0 Å². The van der Waals surface area contributed by atoms with E-state index in [9.17, 15) is 18.1 Å². The molecular formula is C20H13N2NaO4S. The monoisotopic (exact) mass is 400 g/mol. The predicted octanol–water partition coefficient (Wildman–Crippen LogP) is 2.02. The molecule has 0 aliphatic heterocycles. The maximum absolute atomic E-state index is 11.4. The van der Waals surface area contributed by atoms with Gasteiger partial charge in [-0.15, -0.1) is 10.2 Å². The molecule has 134 valence electrons. The first kappa shape index (κ1) is 20.4. The summed E-state index contributed by atoms with van der Waals surface area (Å²) < 4.78 is 34.2. The van der Waals surface area contributed by atoms with Crippen LogP contribution in [0, 0.1) is 0 Å². The number of fused-ring (bicyclic) bond motifs is 2. The summed E-state index contributed by atoms with van der Waals surface area (Å²) >= 11 is 0. The standard InChI is InChI=1S/C20H14N2O4S.Na/c23-20-16-8-4-10-19(27(24,25)26)15(16)11-12-18(20)22-21-17-9-3-6-13-5-1-2-7-14(13)17;/h1-12,23H,(H,24,25,26);/q;+1/p-1. The Labute approximate surface area is 183 Å². The molecule has 0 aliphatic rings. The molecule has 1 N–H and O–H groups in total. The number of nitrogens with zero attached hydrogens (tertiary/aromatic N) is 2. The molecule has 0 radical (unpaired) electrons. The van der Waals surface area contributed by atoms with Crippen LogP contribution in [0.25, 0.3) is 21.5 Å².